The number of nitro benzene ring substituents is 1. The minimum Gasteiger partial charge on any atom is -0.454 e. The minimum atomic E-state index is -0.798. The van der Waals surface area contributed by atoms with E-state index in [1.807, 2.05) is 17.0 Å². The van der Waals surface area contributed by atoms with Crippen molar-refractivity contribution in [2.24, 2.45) is 0 Å². The number of nitrogens with zero attached hydrogens (tertiary/aromatic N) is 2. The van der Waals surface area contributed by atoms with E-state index in [4.69, 9.17) is 9.15 Å². The molecule has 0 aliphatic carbocycles. The molecule has 1 fully saturated rings. The number of rotatable bonds is 6. The molecule has 0 spiro atoms. The Bertz CT molecular complexity index is 1080. The van der Waals surface area contributed by atoms with Crippen molar-refractivity contribution in [3.63, 3.8) is 0 Å². The molecule has 1 saturated heterocycles. The zero-order valence-corrected chi connectivity index (χ0v) is 16.2. The van der Waals surface area contributed by atoms with Crippen molar-refractivity contribution in [3.05, 3.63) is 70.0 Å². The molecule has 8 heteroatoms. The molecule has 0 radical (unpaired) electrons. The summed E-state index contributed by atoms with van der Waals surface area (Å²) in [6.45, 7) is 0.980. The van der Waals surface area contributed by atoms with Gasteiger partial charge in [-0.2, -0.15) is 0 Å². The number of carbonyl (C=O) groups is 2. The molecule has 30 heavy (non-hydrogen) atoms. The van der Waals surface area contributed by atoms with Gasteiger partial charge in [0.25, 0.3) is 5.69 Å². The maximum atomic E-state index is 12.4. The highest BCUT2D eigenvalue weighted by Gasteiger charge is 2.24. The molecule has 1 aliphatic heterocycles. The molecule has 154 valence electrons. The Morgan fingerprint density at radius 1 is 1.07 bits per heavy atom. The number of furan rings is 1. The molecule has 0 bridgehead atoms. The average Bonchev–Trinajstić information content (AvgIpc) is 3.22. The van der Waals surface area contributed by atoms with Gasteiger partial charge in [0.05, 0.1) is 10.5 Å². The third kappa shape index (κ3) is 4.03. The Morgan fingerprint density at radius 3 is 2.57 bits per heavy atom. The predicted octanol–water partition coefficient (Wildman–Crippen LogP) is 4.37. The Hall–Kier alpha value is -3.68. The summed E-state index contributed by atoms with van der Waals surface area (Å²) in [5, 5.41) is 12.3. The number of nitro groups is 1. The van der Waals surface area contributed by atoms with E-state index in [-0.39, 0.29) is 17.0 Å². The molecular formula is C22H20N2O6. The quantitative estimate of drug-likeness (QED) is 0.258. The lowest BCUT2D eigenvalue weighted by atomic mass is 10.1. The van der Waals surface area contributed by atoms with Crippen LogP contribution < -0.4 is 4.90 Å². The lowest BCUT2D eigenvalue weighted by Gasteiger charge is -2.28. The molecule has 2 heterocycles. The van der Waals surface area contributed by atoms with Gasteiger partial charge < -0.3 is 14.1 Å². The second kappa shape index (κ2) is 8.36. The Morgan fingerprint density at radius 2 is 1.83 bits per heavy atom. The van der Waals surface area contributed by atoms with Crippen LogP contribution in [0.4, 0.5) is 11.4 Å². The van der Waals surface area contributed by atoms with Gasteiger partial charge in [0.15, 0.2) is 12.4 Å². The predicted molar refractivity (Wildman–Crippen MR) is 110 cm³/mol. The molecule has 0 atom stereocenters. The van der Waals surface area contributed by atoms with Gasteiger partial charge in [-0.1, -0.05) is 18.2 Å². The van der Waals surface area contributed by atoms with Gasteiger partial charge in [-0.3, -0.25) is 14.9 Å². The zero-order chi connectivity index (χ0) is 21.1. The van der Waals surface area contributed by atoms with Crippen molar-refractivity contribution in [3.8, 4) is 0 Å². The highest BCUT2D eigenvalue weighted by molar-refractivity contribution is 6.00. The number of piperidine rings is 1. The van der Waals surface area contributed by atoms with Crippen molar-refractivity contribution < 1.29 is 23.7 Å². The summed E-state index contributed by atoms with van der Waals surface area (Å²) < 4.78 is 10.5. The summed E-state index contributed by atoms with van der Waals surface area (Å²) in [7, 11) is 0. The first-order valence-electron chi connectivity index (χ1n) is 9.75. The number of carbonyl (C=O) groups excluding carboxylic acids is 2. The Kier molecular flexibility index (Phi) is 5.47. The lowest BCUT2D eigenvalue weighted by molar-refractivity contribution is -0.384. The number of ketones is 1. The third-order valence-electron chi connectivity index (χ3n) is 5.14. The van der Waals surface area contributed by atoms with Crippen LogP contribution in [-0.4, -0.2) is 36.4 Å². The first-order chi connectivity index (χ1) is 14.5. The van der Waals surface area contributed by atoms with Crippen molar-refractivity contribution in [1.29, 1.82) is 0 Å². The Balaban J connectivity index is 1.46. The van der Waals surface area contributed by atoms with Gasteiger partial charge >= 0.3 is 5.97 Å². The number of esters is 1. The zero-order valence-electron chi connectivity index (χ0n) is 16.2. The standard InChI is InChI=1S/C22H20N2O6/c25-19(21-13-15-6-2-3-7-20(15)30-21)14-29-22(26)16-8-9-17(18(12-16)24(27)28)23-10-4-1-5-11-23/h2-3,6-9,12-13H,1,4-5,10-11,14H2. The van der Waals surface area contributed by atoms with Crippen LogP contribution in [0.2, 0.25) is 0 Å². The van der Waals surface area contributed by atoms with Gasteiger partial charge in [0.2, 0.25) is 5.78 Å². The first-order valence-corrected chi connectivity index (χ1v) is 9.75. The second-order valence-corrected chi connectivity index (χ2v) is 7.16. The monoisotopic (exact) mass is 408 g/mol. The molecule has 0 saturated carbocycles. The summed E-state index contributed by atoms with van der Waals surface area (Å²) >= 11 is 0. The summed E-state index contributed by atoms with van der Waals surface area (Å²) in [4.78, 5) is 37.7. The molecule has 3 aromatic rings. The van der Waals surface area contributed by atoms with Crippen LogP contribution in [0.25, 0.3) is 11.0 Å². The van der Waals surface area contributed by atoms with E-state index in [9.17, 15) is 19.7 Å². The largest absolute Gasteiger partial charge is 0.454 e. The van der Waals surface area contributed by atoms with Crippen LogP contribution in [0.15, 0.2) is 52.9 Å². The third-order valence-corrected chi connectivity index (χ3v) is 5.14. The SMILES string of the molecule is O=C(OCC(=O)c1cc2ccccc2o1)c1ccc(N2CCCCC2)c([N+](=O)[O-])c1. The van der Waals surface area contributed by atoms with Gasteiger partial charge in [-0.25, -0.2) is 4.79 Å². The summed E-state index contributed by atoms with van der Waals surface area (Å²) in [5.41, 5.74) is 0.945. The molecule has 8 nitrogen and oxygen atoms in total. The fourth-order valence-corrected chi connectivity index (χ4v) is 3.60. The van der Waals surface area contributed by atoms with Gasteiger partial charge in [-0.15, -0.1) is 0 Å². The lowest BCUT2D eigenvalue weighted by Crippen LogP contribution is -2.30. The topological polar surface area (TPSA) is 103 Å². The number of hydrogen-bond donors (Lipinski definition) is 0. The number of fused-ring (bicyclic) bond motifs is 1. The van der Waals surface area contributed by atoms with E-state index in [1.54, 1.807) is 24.3 Å². The fraction of sp³-hybridized carbons (Fsp3) is 0.273. The van der Waals surface area contributed by atoms with Crippen LogP contribution in [0.3, 0.4) is 0 Å². The molecule has 1 aromatic heterocycles. The van der Waals surface area contributed by atoms with Crippen LogP contribution >= 0.6 is 0 Å². The molecule has 1 aliphatic rings. The van der Waals surface area contributed by atoms with E-state index >= 15 is 0 Å². The van der Waals surface area contributed by atoms with Crippen LogP contribution in [0.1, 0.15) is 40.2 Å². The number of ether oxygens (including phenoxy) is 1. The van der Waals surface area contributed by atoms with E-state index < -0.39 is 23.3 Å². The number of benzene rings is 2. The number of para-hydroxylation sites is 1. The summed E-state index contributed by atoms with van der Waals surface area (Å²) in [5.74, 6) is -1.19. The van der Waals surface area contributed by atoms with Gasteiger partial charge in [0, 0.05) is 24.5 Å². The number of Topliss-reactive ketones (excluding diaryl/α,β-unsaturated/α-hetero) is 1. The summed E-state index contributed by atoms with van der Waals surface area (Å²) in [6, 6.07) is 13.0. The minimum absolute atomic E-state index is 0.0277. The number of anilines is 1. The van der Waals surface area contributed by atoms with Crippen molar-refractivity contribution in [2.75, 3.05) is 24.6 Å². The van der Waals surface area contributed by atoms with Crippen molar-refractivity contribution in [2.45, 2.75) is 19.3 Å². The first kappa shape index (κ1) is 19.6. The average molecular weight is 408 g/mol. The van der Waals surface area contributed by atoms with E-state index in [0.29, 0.717) is 11.3 Å². The van der Waals surface area contributed by atoms with Crippen molar-refractivity contribution in [1.82, 2.24) is 0 Å². The fourth-order valence-electron chi connectivity index (χ4n) is 3.60. The normalized spacial score (nSPS) is 13.9. The van der Waals surface area contributed by atoms with Gasteiger partial charge in [-0.05, 0) is 43.5 Å². The van der Waals surface area contributed by atoms with Crippen LogP contribution in [0, 0.1) is 10.1 Å². The molecule has 0 amide bonds. The maximum absolute atomic E-state index is 12.4. The van der Waals surface area contributed by atoms with E-state index in [2.05, 4.69) is 0 Å². The molecule has 0 N–H and O–H groups in total. The highest BCUT2D eigenvalue weighted by Crippen LogP contribution is 2.31. The Labute approximate surface area is 172 Å². The van der Waals surface area contributed by atoms with E-state index in [0.717, 1.165) is 37.7 Å². The smallest absolute Gasteiger partial charge is 0.338 e. The van der Waals surface area contributed by atoms with E-state index in [1.165, 1.54) is 12.1 Å². The molecular weight excluding hydrogens is 388 g/mol. The maximum Gasteiger partial charge on any atom is 0.338 e. The van der Waals surface area contributed by atoms with Crippen LogP contribution in [-0.2, 0) is 4.74 Å². The molecule has 4 rings (SSSR count). The van der Waals surface area contributed by atoms with Crippen molar-refractivity contribution >= 4 is 34.1 Å². The highest BCUT2D eigenvalue weighted by atomic mass is 16.6. The van der Waals surface area contributed by atoms with Crippen LogP contribution in [0.5, 0.6) is 0 Å². The number of hydrogen-bond acceptors (Lipinski definition) is 7. The summed E-state index contributed by atoms with van der Waals surface area (Å²) in [6.07, 6.45) is 3.06. The second-order valence-electron chi connectivity index (χ2n) is 7.16. The molecule has 0 unspecified atom stereocenters. The van der Waals surface area contributed by atoms with Gasteiger partial charge in [0.1, 0.15) is 11.3 Å². The molecule has 2 aromatic carbocycles.